The number of allylic oxidation sites excluding steroid dienone is 4. The van der Waals surface area contributed by atoms with Crippen LogP contribution in [0.15, 0.2) is 24.3 Å². The standard InChI is InChI=1S/C31H57O12P/c1-2-3-4-5-6-7-8-9-10-11-12-13-14-15-16-17-18-19-20-21-25(33)41-22-24(32)23-42-44(39,40)43-31-29(37)27(35)26(34)28(36)30(31)38/h6-7,9-10,24,26-32,34-38H,2-5,8,11-23H2,1H3,(H,39,40)/b7-6-,10-9-/t24-,26?,27-,28?,29?,30?,31?/m1/s1. The lowest BCUT2D eigenvalue weighted by atomic mass is 9.85. The molecule has 258 valence electrons. The fraction of sp³-hybridized carbons (Fsp3) is 0.839. The fourth-order valence-electron chi connectivity index (χ4n) is 4.78. The average Bonchev–Trinajstić information content (AvgIpc) is 3.00. The van der Waals surface area contributed by atoms with E-state index in [1.807, 2.05) is 0 Å². The van der Waals surface area contributed by atoms with E-state index < -0.39 is 69.7 Å². The van der Waals surface area contributed by atoms with E-state index in [-0.39, 0.29) is 6.42 Å². The Balaban J connectivity index is 2.02. The van der Waals surface area contributed by atoms with Crippen molar-refractivity contribution in [3.63, 3.8) is 0 Å². The first-order valence-electron chi connectivity index (χ1n) is 16.2. The van der Waals surface area contributed by atoms with Crippen LogP contribution < -0.4 is 0 Å². The smallest absolute Gasteiger partial charge is 0.463 e. The molecule has 0 spiro atoms. The topological polar surface area (TPSA) is 203 Å². The van der Waals surface area contributed by atoms with Gasteiger partial charge in [-0.25, -0.2) is 4.57 Å². The molecule has 0 saturated heterocycles. The van der Waals surface area contributed by atoms with Crippen LogP contribution in [0.25, 0.3) is 0 Å². The Morgan fingerprint density at radius 3 is 1.73 bits per heavy atom. The Kier molecular flexibility index (Phi) is 22.3. The lowest BCUT2D eigenvalue weighted by molar-refractivity contribution is -0.220. The maximum Gasteiger partial charge on any atom is 0.472 e. The second-order valence-electron chi connectivity index (χ2n) is 11.5. The molecule has 0 heterocycles. The molecule has 0 aliphatic heterocycles. The molecule has 0 radical (unpaired) electrons. The van der Waals surface area contributed by atoms with Gasteiger partial charge in [-0.1, -0.05) is 89.0 Å². The number of phosphoric acid groups is 1. The summed E-state index contributed by atoms with van der Waals surface area (Å²) in [5.41, 5.74) is 0. The number of phosphoric ester groups is 1. The molecule has 7 N–H and O–H groups in total. The molecule has 0 amide bonds. The first kappa shape index (κ1) is 40.8. The molecule has 6 unspecified atom stereocenters. The van der Waals surface area contributed by atoms with E-state index >= 15 is 0 Å². The van der Waals surface area contributed by atoms with Crippen LogP contribution in [0.2, 0.25) is 0 Å². The predicted molar refractivity (Wildman–Crippen MR) is 165 cm³/mol. The molecule has 0 bridgehead atoms. The number of rotatable bonds is 25. The number of hydrogen-bond donors (Lipinski definition) is 7. The zero-order valence-electron chi connectivity index (χ0n) is 26.2. The van der Waals surface area contributed by atoms with Gasteiger partial charge in [-0.15, -0.1) is 0 Å². The van der Waals surface area contributed by atoms with Crippen molar-refractivity contribution in [2.45, 2.75) is 152 Å². The van der Waals surface area contributed by atoms with Gasteiger partial charge in [0.15, 0.2) is 0 Å². The van der Waals surface area contributed by atoms with Crippen molar-refractivity contribution in [2.24, 2.45) is 0 Å². The average molecular weight is 653 g/mol. The molecule has 1 aliphatic carbocycles. The SMILES string of the molecule is CCCCC/C=C\C/C=C\CCCCCCCCCCCC(=O)OC[C@@H](O)COP(=O)(O)OC1C(O)C(O)C(O)[C@@H](O)C1O. The molecule has 44 heavy (non-hydrogen) atoms. The molecule has 1 fully saturated rings. The molecule has 12 nitrogen and oxygen atoms in total. The molecule has 0 aromatic carbocycles. The van der Waals surface area contributed by atoms with E-state index in [2.05, 4.69) is 40.3 Å². The quantitative estimate of drug-likeness (QED) is 0.0327. The Labute approximate surface area is 262 Å². The highest BCUT2D eigenvalue weighted by Crippen LogP contribution is 2.47. The van der Waals surface area contributed by atoms with Crippen molar-refractivity contribution < 1.29 is 58.7 Å². The molecular formula is C31H57O12P. The fourth-order valence-corrected chi connectivity index (χ4v) is 5.76. The number of ether oxygens (including phenoxy) is 1. The van der Waals surface area contributed by atoms with Crippen LogP contribution in [0.3, 0.4) is 0 Å². The Morgan fingerprint density at radius 2 is 1.18 bits per heavy atom. The Morgan fingerprint density at radius 1 is 0.705 bits per heavy atom. The second-order valence-corrected chi connectivity index (χ2v) is 12.9. The highest BCUT2D eigenvalue weighted by molar-refractivity contribution is 7.47. The van der Waals surface area contributed by atoms with Crippen LogP contribution in [0.4, 0.5) is 0 Å². The van der Waals surface area contributed by atoms with Crippen molar-refractivity contribution in [3.05, 3.63) is 24.3 Å². The molecule has 0 aromatic rings. The number of carbonyl (C=O) groups is 1. The van der Waals surface area contributed by atoms with Gasteiger partial charge in [0.2, 0.25) is 0 Å². The summed E-state index contributed by atoms with van der Waals surface area (Å²) in [5, 5.41) is 58.6. The van der Waals surface area contributed by atoms with E-state index in [1.165, 1.54) is 57.8 Å². The zero-order chi connectivity index (χ0) is 32.8. The number of esters is 1. The highest BCUT2D eigenvalue weighted by atomic mass is 31.2. The van der Waals surface area contributed by atoms with Gasteiger partial charge in [0, 0.05) is 6.42 Å². The summed E-state index contributed by atoms with van der Waals surface area (Å²) in [6.07, 6.45) is 13.1. The predicted octanol–water partition coefficient (Wildman–Crippen LogP) is 3.58. The monoisotopic (exact) mass is 652 g/mol. The van der Waals surface area contributed by atoms with E-state index in [9.17, 15) is 44.9 Å². The molecule has 13 heteroatoms. The van der Waals surface area contributed by atoms with Crippen molar-refractivity contribution in [2.75, 3.05) is 13.2 Å². The van der Waals surface area contributed by atoms with Gasteiger partial charge < -0.3 is 40.3 Å². The lowest BCUT2D eigenvalue weighted by Crippen LogP contribution is -2.64. The van der Waals surface area contributed by atoms with Crippen molar-refractivity contribution in [1.82, 2.24) is 0 Å². The van der Waals surface area contributed by atoms with Gasteiger partial charge >= 0.3 is 13.8 Å². The summed E-state index contributed by atoms with van der Waals surface area (Å²) in [6, 6.07) is 0. The van der Waals surface area contributed by atoms with E-state index in [0.29, 0.717) is 6.42 Å². The molecule has 1 aliphatic rings. The maximum atomic E-state index is 12.1. The zero-order valence-corrected chi connectivity index (χ0v) is 27.1. The van der Waals surface area contributed by atoms with Crippen molar-refractivity contribution in [3.8, 4) is 0 Å². The summed E-state index contributed by atoms with van der Waals surface area (Å²) < 4.78 is 26.4. The first-order chi connectivity index (χ1) is 21.0. The van der Waals surface area contributed by atoms with Gasteiger partial charge in [0.25, 0.3) is 0 Å². The molecular weight excluding hydrogens is 595 g/mol. The molecule has 1 saturated carbocycles. The number of aliphatic hydroxyl groups is 6. The van der Waals surface area contributed by atoms with Crippen LogP contribution in [0.1, 0.15) is 110 Å². The van der Waals surface area contributed by atoms with Crippen LogP contribution in [0, 0.1) is 0 Å². The third kappa shape index (κ3) is 18.1. The Bertz CT molecular complexity index is 838. The van der Waals surface area contributed by atoms with Gasteiger partial charge in [-0.05, 0) is 38.5 Å². The first-order valence-corrected chi connectivity index (χ1v) is 17.7. The number of aliphatic hydroxyl groups excluding tert-OH is 6. The summed E-state index contributed by atoms with van der Waals surface area (Å²) in [7, 11) is -4.99. The third-order valence-corrected chi connectivity index (χ3v) is 8.51. The second kappa shape index (κ2) is 24.1. The molecule has 1 rings (SSSR count). The van der Waals surface area contributed by atoms with Gasteiger partial charge in [-0.3, -0.25) is 13.8 Å². The largest absolute Gasteiger partial charge is 0.472 e. The summed E-state index contributed by atoms with van der Waals surface area (Å²) >= 11 is 0. The van der Waals surface area contributed by atoms with E-state index in [0.717, 1.165) is 32.1 Å². The van der Waals surface area contributed by atoms with Crippen LogP contribution >= 0.6 is 7.82 Å². The highest BCUT2D eigenvalue weighted by Gasteiger charge is 2.51. The maximum absolute atomic E-state index is 12.1. The molecule has 0 aromatic heterocycles. The lowest BCUT2D eigenvalue weighted by Gasteiger charge is -2.41. The van der Waals surface area contributed by atoms with E-state index in [1.54, 1.807) is 0 Å². The minimum atomic E-state index is -4.99. The van der Waals surface area contributed by atoms with Gasteiger partial charge in [-0.2, -0.15) is 0 Å². The van der Waals surface area contributed by atoms with Crippen LogP contribution in [-0.2, 0) is 23.1 Å². The normalized spacial score (nSPS) is 26.3. The van der Waals surface area contributed by atoms with Gasteiger partial charge in [0.05, 0.1) is 6.61 Å². The Hall–Kier alpha value is -1.18. The minimum Gasteiger partial charge on any atom is -0.463 e. The van der Waals surface area contributed by atoms with E-state index in [4.69, 9.17) is 4.74 Å². The number of hydrogen-bond acceptors (Lipinski definition) is 11. The summed E-state index contributed by atoms with van der Waals surface area (Å²) in [6.45, 7) is 0.962. The number of carbonyl (C=O) groups excluding carboxylic acids is 1. The van der Waals surface area contributed by atoms with Crippen LogP contribution in [-0.4, -0.2) is 97.4 Å². The number of unbranched alkanes of at least 4 members (excludes halogenated alkanes) is 12. The molecule has 8 atom stereocenters. The van der Waals surface area contributed by atoms with Crippen molar-refractivity contribution >= 4 is 13.8 Å². The summed E-state index contributed by atoms with van der Waals surface area (Å²) in [5.74, 6) is -0.514. The summed E-state index contributed by atoms with van der Waals surface area (Å²) in [4.78, 5) is 21.8. The van der Waals surface area contributed by atoms with Crippen molar-refractivity contribution in [1.29, 1.82) is 0 Å². The third-order valence-electron chi connectivity index (χ3n) is 7.53. The van der Waals surface area contributed by atoms with Gasteiger partial charge in [0.1, 0.15) is 49.3 Å². The van der Waals surface area contributed by atoms with Crippen LogP contribution in [0.5, 0.6) is 0 Å². The minimum absolute atomic E-state index is 0.186.